The Morgan fingerprint density at radius 2 is 1.90 bits per heavy atom. The van der Waals surface area contributed by atoms with E-state index in [2.05, 4.69) is 25.6 Å². The predicted octanol–water partition coefficient (Wildman–Crippen LogP) is 3.13. The van der Waals surface area contributed by atoms with Crippen molar-refractivity contribution in [2.45, 2.75) is 24.2 Å². The highest BCUT2D eigenvalue weighted by molar-refractivity contribution is 9.10. The summed E-state index contributed by atoms with van der Waals surface area (Å²) >= 11 is 3.22. The molecule has 0 unspecified atom stereocenters. The molecule has 3 rings (SSSR count). The highest BCUT2D eigenvalue weighted by Crippen LogP contribution is 2.25. The van der Waals surface area contributed by atoms with E-state index in [0.717, 1.165) is 24.8 Å². The highest BCUT2D eigenvalue weighted by atomic mass is 79.9. The lowest BCUT2D eigenvalue weighted by Crippen LogP contribution is -2.14. The maximum Gasteiger partial charge on any atom is 0.263 e. The summed E-state index contributed by atoms with van der Waals surface area (Å²) in [5.74, 6) is 0.305. The Hall–Kier alpha value is -1.40. The molecule has 0 fully saturated rings. The summed E-state index contributed by atoms with van der Waals surface area (Å²) in [4.78, 5) is 4.37. The Labute approximate surface area is 126 Å². The van der Waals surface area contributed by atoms with Gasteiger partial charge in [-0.15, -0.1) is 0 Å². The number of hydrogen-bond acceptors (Lipinski definition) is 3. The van der Waals surface area contributed by atoms with Gasteiger partial charge in [0.15, 0.2) is 0 Å². The van der Waals surface area contributed by atoms with Gasteiger partial charge in [0.1, 0.15) is 10.4 Å². The Balaban J connectivity index is 1.92. The van der Waals surface area contributed by atoms with Gasteiger partial charge in [-0.1, -0.05) is 12.1 Å². The van der Waals surface area contributed by atoms with Crippen LogP contribution >= 0.6 is 15.9 Å². The average Bonchev–Trinajstić information content (AvgIpc) is 2.85. The number of aryl methyl sites for hydroxylation is 2. The number of pyridine rings is 1. The molecule has 1 N–H and O–H groups in total. The fourth-order valence-electron chi connectivity index (χ4n) is 2.38. The molecule has 1 aliphatic rings. The first-order chi connectivity index (χ1) is 9.54. The predicted molar refractivity (Wildman–Crippen MR) is 81.2 cm³/mol. The topological polar surface area (TPSA) is 59.1 Å². The Bertz CT molecular complexity index is 760. The minimum absolute atomic E-state index is 0.292. The van der Waals surface area contributed by atoms with Crippen LogP contribution in [0, 0.1) is 0 Å². The van der Waals surface area contributed by atoms with Crippen molar-refractivity contribution in [3.05, 3.63) is 52.1 Å². The Kier molecular flexibility index (Phi) is 3.52. The van der Waals surface area contributed by atoms with Crippen LogP contribution in [-0.2, 0) is 22.9 Å². The van der Waals surface area contributed by atoms with Crippen LogP contribution in [0.3, 0.4) is 0 Å². The largest absolute Gasteiger partial charge is 0.263 e. The van der Waals surface area contributed by atoms with E-state index in [-0.39, 0.29) is 0 Å². The van der Waals surface area contributed by atoms with E-state index in [1.165, 1.54) is 5.56 Å². The fourth-order valence-corrected chi connectivity index (χ4v) is 3.77. The van der Waals surface area contributed by atoms with Crippen LogP contribution in [0.15, 0.2) is 45.9 Å². The van der Waals surface area contributed by atoms with Crippen molar-refractivity contribution in [1.82, 2.24) is 4.98 Å². The van der Waals surface area contributed by atoms with Gasteiger partial charge >= 0.3 is 0 Å². The summed E-state index contributed by atoms with van der Waals surface area (Å²) in [5.41, 5.74) is 2.39. The molecule has 0 bridgehead atoms. The van der Waals surface area contributed by atoms with Crippen molar-refractivity contribution in [2.75, 3.05) is 4.72 Å². The number of anilines is 1. The van der Waals surface area contributed by atoms with Crippen molar-refractivity contribution in [3.8, 4) is 0 Å². The number of halogens is 1. The van der Waals surface area contributed by atoms with Crippen LogP contribution in [0.1, 0.15) is 17.5 Å². The van der Waals surface area contributed by atoms with Gasteiger partial charge in [-0.25, -0.2) is 13.4 Å². The summed E-state index contributed by atoms with van der Waals surface area (Å²) in [5, 5.41) is 0. The van der Waals surface area contributed by atoms with Gasteiger partial charge in [0.2, 0.25) is 0 Å². The Morgan fingerprint density at radius 3 is 2.70 bits per heavy atom. The van der Waals surface area contributed by atoms with E-state index in [1.807, 2.05) is 6.07 Å². The van der Waals surface area contributed by atoms with E-state index in [0.29, 0.717) is 15.3 Å². The van der Waals surface area contributed by atoms with Gasteiger partial charge in [-0.2, -0.15) is 0 Å². The lowest BCUT2D eigenvalue weighted by atomic mass is 10.1. The Morgan fingerprint density at radius 1 is 1.10 bits per heavy atom. The zero-order valence-corrected chi connectivity index (χ0v) is 13.0. The molecule has 20 heavy (non-hydrogen) atoms. The number of rotatable bonds is 3. The van der Waals surface area contributed by atoms with E-state index in [9.17, 15) is 8.42 Å². The van der Waals surface area contributed by atoms with E-state index in [4.69, 9.17) is 0 Å². The molecule has 4 nitrogen and oxygen atoms in total. The molecule has 0 spiro atoms. The molecule has 0 atom stereocenters. The van der Waals surface area contributed by atoms with Crippen molar-refractivity contribution in [2.24, 2.45) is 0 Å². The molecule has 0 amide bonds. The maximum atomic E-state index is 12.3. The number of fused-ring (bicyclic) bond motifs is 1. The summed E-state index contributed by atoms with van der Waals surface area (Å²) < 4.78 is 27.8. The van der Waals surface area contributed by atoms with Crippen LogP contribution < -0.4 is 4.72 Å². The van der Waals surface area contributed by atoms with Crippen molar-refractivity contribution >= 4 is 31.8 Å². The molecule has 0 aliphatic heterocycles. The molecule has 1 heterocycles. The van der Waals surface area contributed by atoms with E-state index >= 15 is 0 Å². The summed E-state index contributed by atoms with van der Waals surface area (Å²) in [7, 11) is -3.58. The summed E-state index contributed by atoms with van der Waals surface area (Å²) in [6.45, 7) is 0. The highest BCUT2D eigenvalue weighted by Gasteiger charge is 2.18. The van der Waals surface area contributed by atoms with Gasteiger partial charge in [-0.05, 0) is 70.6 Å². The maximum absolute atomic E-state index is 12.3. The van der Waals surface area contributed by atoms with Crippen LogP contribution in [0.4, 0.5) is 5.82 Å². The van der Waals surface area contributed by atoms with Gasteiger partial charge in [0.25, 0.3) is 10.0 Å². The molecule has 1 aromatic carbocycles. The number of nitrogens with one attached hydrogen (secondary N) is 1. The molecule has 1 aliphatic carbocycles. The fraction of sp³-hybridized carbons (Fsp3) is 0.214. The summed E-state index contributed by atoms with van der Waals surface area (Å²) in [6, 6.07) is 10.4. The second kappa shape index (κ2) is 5.18. The quantitative estimate of drug-likeness (QED) is 0.863. The van der Waals surface area contributed by atoms with Gasteiger partial charge in [-0.3, -0.25) is 4.72 Å². The molecule has 6 heteroatoms. The number of sulfonamides is 1. The normalized spacial score (nSPS) is 14.1. The number of aromatic nitrogens is 1. The van der Waals surface area contributed by atoms with Crippen LogP contribution in [0.2, 0.25) is 0 Å². The lowest BCUT2D eigenvalue weighted by Gasteiger charge is -2.09. The van der Waals surface area contributed by atoms with Gasteiger partial charge < -0.3 is 0 Å². The van der Waals surface area contributed by atoms with Crippen molar-refractivity contribution in [3.63, 3.8) is 0 Å². The molecular weight excluding hydrogens is 340 g/mol. The second-order valence-corrected chi connectivity index (χ2v) is 7.23. The standard InChI is InChI=1S/C14H13BrN2O2S/c15-13-5-2-6-14(16-13)17-20(18,19)12-8-7-10-3-1-4-11(10)9-12/h2,5-9H,1,3-4H2,(H,16,17). The smallest absolute Gasteiger partial charge is 0.263 e. The number of nitrogens with zero attached hydrogens (tertiary/aromatic N) is 1. The third kappa shape index (κ3) is 2.71. The zero-order chi connectivity index (χ0) is 14.2. The van der Waals surface area contributed by atoms with Gasteiger partial charge in [0, 0.05) is 0 Å². The van der Waals surface area contributed by atoms with E-state index in [1.54, 1.807) is 30.3 Å². The molecule has 1 aromatic heterocycles. The monoisotopic (exact) mass is 352 g/mol. The first-order valence-corrected chi connectivity index (χ1v) is 8.59. The summed E-state index contributed by atoms with van der Waals surface area (Å²) in [6.07, 6.45) is 3.09. The average molecular weight is 353 g/mol. The van der Waals surface area contributed by atoms with Crippen molar-refractivity contribution < 1.29 is 8.42 Å². The van der Waals surface area contributed by atoms with Crippen LogP contribution in [-0.4, -0.2) is 13.4 Å². The molecule has 0 radical (unpaired) electrons. The van der Waals surface area contributed by atoms with Crippen LogP contribution in [0.5, 0.6) is 0 Å². The third-order valence-electron chi connectivity index (χ3n) is 3.33. The minimum Gasteiger partial charge on any atom is -0.263 e. The van der Waals surface area contributed by atoms with Crippen LogP contribution in [0.25, 0.3) is 0 Å². The lowest BCUT2D eigenvalue weighted by molar-refractivity contribution is 0.601. The second-order valence-electron chi connectivity index (χ2n) is 4.74. The molecular formula is C14H13BrN2O2S. The minimum atomic E-state index is -3.58. The SMILES string of the molecule is O=S(=O)(Nc1cccc(Br)n1)c1ccc2c(c1)CCC2. The van der Waals surface area contributed by atoms with Gasteiger partial charge in [0.05, 0.1) is 4.90 Å². The molecule has 0 saturated heterocycles. The first kappa shape index (κ1) is 13.6. The number of benzene rings is 1. The van der Waals surface area contributed by atoms with E-state index < -0.39 is 10.0 Å². The van der Waals surface area contributed by atoms with Crippen molar-refractivity contribution in [1.29, 1.82) is 0 Å². The number of hydrogen-bond donors (Lipinski definition) is 1. The zero-order valence-electron chi connectivity index (χ0n) is 10.6. The molecule has 2 aromatic rings. The third-order valence-corrected chi connectivity index (χ3v) is 5.13. The molecule has 0 saturated carbocycles. The molecule has 104 valence electrons. The first-order valence-electron chi connectivity index (χ1n) is 6.32.